The Hall–Kier alpha value is -5.87. The fourth-order valence-electron chi connectivity index (χ4n) is 5.83. The lowest BCUT2D eigenvalue weighted by atomic mass is 10.0. The van der Waals surface area contributed by atoms with Gasteiger partial charge in [0, 0.05) is 51.1 Å². The molecule has 0 aliphatic carbocycles. The largest absolute Gasteiger partial charge is 0.309 e. The fourth-order valence-corrected chi connectivity index (χ4v) is 5.83. The van der Waals surface area contributed by atoms with Crippen LogP contribution in [0, 0.1) is 0 Å². The molecule has 3 aromatic heterocycles. The third-order valence-corrected chi connectivity index (χ3v) is 7.91. The van der Waals surface area contributed by atoms with Gasteiger partial charge in [0.15, 0.2) is 5.82 Å². The van der Waals surface area contributed by atoms with Gasteiger partial charge in [0.1, 0.15) is 0 Å². The van der Waals surface area contributed by atoms with E-state index in [9.17, 15) is 0 Å². The van der Waals surface area contributed by atoms with E-state index in [0.717, 1.165) is 44.9 Å². The number of fused-ring (bicyclic) bond motifs is 3. The summed E-state index contributed by atoms with van der Waals surface area (Å²) in [5.41, 5.74) is 10.5. The Labute approximate surface area is 249 Å². The Morgan fingerprint density at radius 2 is 1.02 bits per heavy atom. The van der Waals surface area contributed by atoms with Crippen LogP contribution in [0.3, 0.4) is 0 Å². The van der Waals surface area contributed by atoms with Crippen LogP contribution in [0.2, 0.25) is 0 Å². The van der Waals surface area contributed by atoms with Crippen molar-refractivity contribution in [1.82, 2.24) is 19.5 Å². The first kappa shape index (κ1) is 24.9. The quantitative estimate of drug-likeness (QED) is 0.214. The SMILES string of the molecule is c1ccc(-c2nc(-c3ccc(-n4c5ccccc5c5ccccc54)cc3)cc(-c3cccc(-c4cccnc4)c3)n2)cc1. The summed E-state index contributed by atoms with van der Waals surface area (Å²) in [7, 11) is 0. The Morgan fingerprint density at radius 1 is 0.419 bits per heavy atom. The van der Waals surface area contributed by atoms with E-state index in [-0.39, 0.29) is 0 Å². The highest BCUT2D eigenvalue weighted by atomic mass is 15.0. The van der Waals surface area contributed by atoms with Crippen molar-refractivity contribution in [3.63, 3.8) is 0 Å². The Morgan fingerprint density at radius 3 is 1.72 bits per heavy atom. The molecule has 0 bridgehead atoms. The zero-order valence-electron chi connectivity index (χ0n) is 23.3. The zero-order chi connectivity index (χ0) is 28.6. The number of nitrogens with zero attached hydrogens (tertiary/aromatic N) is 4. The molecule has 8 aromatic rings. The molecule has 0 N–H and O–H groups in total. The Balaban J connectivity index is 1.25. The van der Waals surface area contributed by atoms with Gasteiger partial charge in [-0.1, -0.05) is 103 Å². The maximum Gasteiger partial charge on any atom is 0.160 e. The third kappa shape index (κ3) is 4.55. The van der Waals surface area contributed by atoms with E-state index in [1.54, 1.807) is 6.20 Å². The minimum absolute atomic E-state index is 0.700. The minimum atomic E-state index is 0.700. The average Bonchev–Trinajstić information content (AvgIpc) is 3.43. The molecular formula is C39H26N4. The maximum atomic E-state index is 5.04. The van der Waals surface area contributed by atoms with Gasteiger partial charge in [0.05, 0.1) is 22.4 Å². The molecule has 0 unspecified atom stereocenters. The molecule has 3 heterocycles. The van der Waals surface area contributed by atoms with Gasteiger partial charge in [0.25, 0.3) is 0 Å². The lowest BCUT2D eigenvalue weighted by Crippen LogP contribution is -1.97. The summed E-state index contributed by atoms with van der Waals surface area (Å²) in [4.78, 5) is 14.4. The Kier molecular flexibility index (Phi) is 6.08. The smallest absolute Gasteiger partial charge is 0.160 e. The molecule has 5 aromatic carbocycles. The second kappa shape index (κ2) is 10.5. The van der Waals surface area contributed by atoms with Gasteiger partial charge >= 0.3 is 0 Å². The molecule has 43 heavy (non-hydrogen) atoms. The molecule has 4 heteroatoms. The second-order valence-corrected chi connectivity index (χ2v) is 10.6. The van der Waals surface area contributed by atoms with E-state index in [2.05, 4.69) is 131 Å². The summed E-state index contributed by atoms with van der Waals surface area (Å²) in [6.45, 7) is 0. The highest BCUT2D eigenvalue weighted by Gasteiger charge is 2.14. The van der Waals surface area contributed by atoms with Crippen LogP contribution in [0.4, 0.5) is 0 Å². The first-order valence-electron chi connectivity index (χ1n) is 14.4. The minimum Gasteiger partial charge on any atom is -0.309 e. The van der Waals surface area contributed by atoms with E-state index < -0.39 is 0 Å². The molecule has 0 amide bonds. The molecule has 0 fully saturated rings. The lowest BCUT2D eigenvalue weighted by molar-refractivity contribution is 1.17. The van der Waals surface area contributed by atoms with E-state index in [1.807, 2.05) is 30.5 Å². The van der Waals surface area contributed by atoms with E-state index in [4.69, 9.17) is 9.97 Å². The van der Waals surface area contributed by atoms with Gasteiger partial charge in [-0.25, -0.2) is 9.97 Å². The summed E-state index contributed by atoms with van der Waals surface area (Å²) >= 11 is 0. The van der Waals surface area contributed by atoms with Gasteiger partial charge in [0.2, 0.25) is 0 Å². The van der Waals surface area contributed by atoms with Crippen LogP contribution < -0.4 is 0 Å². The van der Waals surface area contributed by atoms with Crippen molar-refractivity contribution in [2.24, 2.45) is 0 Å². The monoisotopic (exact) mass is 550 g/mol. The molecule has 0 saturated carbocycles. The van der Waals surface area contributed by atoms with Gasteiger partial charge in [-0.05, 0) is 48.0 Å². The summed E-state index contributed by atoms with van der Waals surface area (Å²) < 4.78 is 2.33. The van der Waals surface area contributed by atoms with Crippen LogP contribution in [0.25, 0.3) is 72.5 Å². The number of rotatable bonds is 5. The molecule has 0 radical (unpaired) electrons. The Bertz CT molecular complexity index is 2160. The number of hydrogen-bond donors (Lipinski definition) is 0. The van der Waals surface area contributed by atoms with E-state index in [0.29, 0.717) is 5.82 Å². The van der Waals surface area contributed by atoms with Crippen molar-refractivity contribution >= 4 is 21.8 Å². The third-order valence-electron chi connectivity index (χ3n) is 7.91. The molecule has 0 spiro atoms. The molecule has 0 aliphatic rings. The lowest BCUT2D eigenvalue weighted by Gasteiger charge is -2.12. The number of pyridine rings is 1. The highest BCUT2D eigenvalue weighted by Crippen LogP contribution is 2.34. The van der Waals surface area contributed by atoms with Crippen LogP contribution >= 0.6 is 0 Å². The van der Waals surface area contributed by atoms with Crippen molar-refractivity contribution in [2.45, 2.75) is 0 Å². The van der Waals surface area contributed by atoms with Crippen LogP contribution in [0.1, 0.15) is 0 Å². The fraction of sp³-hybridized carbons (Fsp3) is 0. The predicted octanol–water partition coefficient (Wildman–Crippen LogP) is 9.64. The van der Waals surface area contributed by atoms with Crippen molar-refractivity contribution in [3.8, 4) is 50.7 Å². The van der Waals surface area contributed by atoms with Crippen LogP contribution in [-0.4, -0.2) is 19.5 Å². The van der Waals surface area contributed by atoms with E-state index in [1.165, 1.54) is 21.8 Å². The van der Waals surface area contributed by atoms with Gasteiger partial charge in [-0.2, -0.15) is 0 Å². The number of para-hydroxylation sites is 2. The number of benzene rings is 5. The zero-order valence-corrected chi connectivity index (χ0v) is 23.3. The van der Waals surface area contributed by atoms with Crippen molar-refractivity contribution < 1.29 is 0 Å². The van der Waals surface area contributed by atoms with Crippen molar-refractivity contribution in [2.75, 3.05) is 0 Å². The van der Waals surface area contributed by atoms with Crippen molar-refractivity contribution in [1.29, 1.82) is 0 Å². The molecule has 8 rings (SSSR count). The van der Waals surface area contributed by atoms with Crippen LogP contribution in [-0.2, 0) is 0 Å². The molecule has 4 nitrogen and oxygen atoms in total. The van der Waals surface area contributed by atoms with Gasteiger partial charge in [-0.3, -0.25) is 4.98 Å². The normalized spacial score (nSPS) is 11.3. The predicted molar refractivity (Wildman–Crippen MR) is 176 cm³/mol. The summed E-state index contributed by atoms with van der Waals surface area (Å²) in [5.74, 6) is 0.700. The molecule has 0 aliphatic heterocycles. The second-order valence-electron chi connectivity index (χ2n) is 10.6. The summed E-state index contributed by atoms with van der Waals surface area (Å²) in [5, 5.41) is 2.51. The summed E-state index contributed by atoms with van der Waals surface area (Å²) in [6.07, 6.45) is 3.68. The molecule has 0 saturated heterocycles. The highest BCUT2D eigenvalue weighted by molar-refractivity contribution is 6.09. The first-order chi connectivity index (χ1) is 21.3. The van der Waals surface area contributed by atoms with E-state index >= 15 is 0 Å². The maximum absolute atomic E-state index is 5.04. The number of hydrogen-bond acceptors (Lipinski definition) is 3. The number of aromatic nitrogens is 4. The molecule has 0 atom stereocenters. The first-order valence-corrected chi connectivity index (χ1v) is 14.4. The average molecular weight is 551 g/mol. The summed E-state index contributed by atoms with van der Waals surface area (Å²) in [6, 6.07) is 50.6. The van der Waals surface area contributed by atoms with Crippen LogP contribution in [0.15, 0.2) is 158 Å². The molecule has 202 valence electrons. The van der Waals surface area contributed by atoms with Crippen LogP contribution in [0.5, 0.6) is 0 Å². The topological polar surface area (TPSA) is 43.6 Å². The van der Waals surface area contributed by atoms with Gasteiger partial charge < -0.3 is 4.57 Å². The standard InChI is InChI=1S/C39H26N4/c1-2-10-28(11-3-1)39-41-35(25-36(42-39)30-13-8-12-29(24-30)31-14-9-23-40-26-31)27-19-21-32(22-20-27)43-37-17-6-4-15-33(37)34-16-5-7-18-38(34)43/h1-26H. The van der Waals surface area contributed by atoms with Gasteiger partial charge in [-0.15, -0.1) is 0 Å². The molecular weight excluding hydrogens is 524 g/mol. The van der Waals surface area contributed by atoms with Crippen molar-refractivity contribution in [3.05, 3.63) is 158 Å².